The van der Waals surface area contributed by atoms with Gasteiger partial charge in [-0.15, -0.1) is 0 Å². The summed E-state index contributed by atoms with van der Waals surface area (Å²) in [7, 11) is 2.90. The SMILES string of the molecule is COc1cc(CCNC(=O)c2cnc(N)c(OCc3c(Cl)cccc3Cl)c2)cc(OC)c1O. The average Bonchev–Trinajstić information content (AvgIpc) is 2.80. The van der Waals surface area contributed by atoms with Gasteiger partial charge in [-0.1, -0.05) is 29.3 Å². The summed E-state index contributed by atoms with van der Waals surface area (Å²) in [4.78, 5) is 16.6. The maximum atomic E-state index is 12.6. The Kier molecular flexibility index (Phi) is 8.08. The molecule has 174 valence electrons. The van der Waals surface area contributed by atoms with Crippen LogP contribution >= 0.6 is 23.2 Å². The first kappa shape index (κ1) is 24.3. The summed E-state index contributed by atoms with van der Waals surface area (Å²) in [5.74, 6) is 0.537. The second-order valence-corrected chi connectivity index (χ2v) is 7.77. The first-order valence-electron chi connectivity index (χ1n) is 9.87. The highest BCUT2D eigenvalue weighted by atomic mass is 35.5. The van der Waals surface area contributed by atoms with Crippen LogP contribution in [0.5, 0.6) is 23.0 Å². The van der Waals surface area contributed by atoms with Crippen LogP contribution in [-0.2, 0) is 13.0 Å². The van der Waals surface area contributed by atoms with Gasteiger partial charge in [-0.3, -0.25) is 4.79 Å². The van der Waals surface area contributed by atoms with E-state index in [4.69, 9.17) is 43.1 Å². The molecule has 0 radical (unpaired) electrons. The Morgan fingerprint density at radius 3 is 2.33 bits per heavy atom. The molecule has 0 fully saturated rings. The molecule has 0 spiro atoms. The fourth-order valence-corrected chi connectivity index (χ4v) is 3.54. The van der Waals surface area contributed by atoms with E-state index in [-0.39, 0.29) is 35.4 Å². The van der Waals surface area contributed by atoms with Crippen molar-refractivity contribution in [3.63, 3.8) is 0 Å². The lowest BCUT2D eigenvalue weighted by molar-refractivity contribution is 0.0953. The number of anilines is 1. The zero-order valence-corrected chi connectivity index (χ0v) is 19.5. The van der Waals surface area contributed by atoms with Gasteiger partial charge in [-0.25, -0.2) is 4.98 Å². The van der Waals surface area contributed by atoms with Crippen LogP contribution in [-0.4, -0.2) is 36.8 Å². The van der Waals surface area contributed by atoms with Crippen LogP contribution in [0.2, 0.25) is 10.0 Å². The van der Waals surface area contributed by atoms with Crippen LogP contribution in [0.4, 0.5) is 5.82 Å². The number of methoxy groups -OCH3 is 2. The molecule has 33 heavy (non-hydrogen) atoms. The number of benzene rings is 2. The molecule has 10 heteroatoms. The van der Waals surface area contributed by atoms with Crippen molar-refractivity contribution >= 4 is 34.9 Å². The molecular weight excluding hydrogens is 469 g/mol. The van der Waals surface area contributed by atoms with Gasteiger partial charge in [0.15, 0.2) is 23.1 Å². The van der Waals surface area contributed by atoms with Gasteiger partial charge in [-0.05, 0) is 42.3 Å². The van der Waals surface area contributed by atoms with E-state index in [9.17, 15) is 9.90 Å². The zero-order chi connectivity index (χ0) is 24.0. The fourth-order valence-electron chi connectivity index (χ4n) is 3.03. The molecule has 0 aliphatic carbocycles. The first-order chi connectivity index (χ1) is 15.8. The number of phenolic OH excluding ortho intramolecular Hbond substituents is 1. The van der Waals surface area contributed by atoms with Crippen molar-refractivity contribution < 1.29 is 24.1 Å². The van der Waals surface area contributed by atoms with E-state index in [0.29, 0.717) is 40.1 Å². The van der Waals surface area contributed by atoms with Crippen molar-refractivity contribution in [1.82, 2.24) is 10.3 Å². The summed E-state index contributed by atoms with van der Waals surface area (Å²) in [5.41, 5.74) is 7.60. The molecule has 0 saturated heterocycles. The number of carbonyl (C=O) groups excluding carboxylic acids is 1. The quantitative estimate of drug-likeness (QED) is 0.409. The number of phenols is 1. The van der Waals surface area contributed by atoms with E-state index in [1.807, 2.05) is 0 Å². The Morgan fingerprint density at radius 1 is 1.09 bits per heavy atom. The van der Waals surface area contributed by atoms with E-state index >= 15 is 0 Å². The number of hydrogen-bond acceptors (Lipinski definition) is 7. The van der Waals surface area contributed by atoms with E-state index in [2.05, 4.69) is 10.3 Å². The number of nitrogen functional groups attached to an aromatic ring is 1. The summed E-state index contributed by atoms with van der Waals surface area (Å²) in [5, 5.41) is 13.7. The molecule has 1 amide bonds. The highest BCUT2D eigenvalue weighted by molar-refractivity contribution is 6.35. The second kappa shape index (κ2) is 11.0. The Hall–Kier alpha value is -3.36. The van der Waals surface area contributed by atoms with Crippen molar-refractivity contribution in [2.24, 2.45) is 0 Å². The Balaban J connectivity index is 1.64. The molecule has 8 nitrogen and oxygen atoms in total. The van der Waals surface area contributed by atoms with Gasteiger partial charge < -0.3 is 30.4 Å². The molecule has 0 bridgehead atoms. The first-order valence-corrected chi connectivity index (χ1v) is 10.6. The maximum absolute atomic E-state index is 12.6. The minimum absolute atomic E-state index is 0.0694. The van der Waals surface area contributed by atoms with Gasteiger partial charge in [0, 0.05) is 28.4 Å². The number of rotatable bonds is 9. The number of ether oxygens (including phenoxy) is 3. The number of nitrogens with zero attached hydrogens (tertiary/aromatic N) is 1. The molecule has 2 aromatic carbocycles. The lowest BCUT2D eigenvalue weighted by Crippen LogP contribution is -2.26. The number of nitrogens with one attached hydrogen (secondary N) is 1. The fraction of sp³-hybridized carbons (Fsp3) is 0.217. The van der Waals surface area contributed by atoms with Gasteiger partial charge in [0.25, 0.3) is 5.91 Å². The Labute approximate surface area is 201 Å². The van der Waals surface area contributed by atoms with Gasteiger partial charge in [0.1, 0.15) is 6.61 Å². The zero-order valence-electron chi connectivity index (χ0n) is 18.0. The van der Waals surface area contributed by atoms with Crippen LogP contribution in [0.1, 0.15) is 21.5 Å². The van der Waals surface area contributed by atoms with E-state index in [1.54, 1.807) is 30.3 Å². The molecule has 3 aromatic rings. The molecule has 0 aliphatic rings. The molecule has 0 saturated carbocycles. The summed E-state index contributed by atoms with van der Waals surface area (Å²) in [6.45, 7) is 0.395. The van der Waals surface area contributed by atoms with Crippen LogP contribution in [0.15, 0.2) is 42.6 Å². The third-order valence-corrected chi connectivity index (χ3v) is 5.52. The van der Waals surface area contributed by atoms with Gasteiger partial charge in [0.2, 0.25) is 5.75 Å². The second-order valence-electron chi connectivity index (χ2n) is 6.95. The van der Waals surface area contributed by atoms with Gasteiger partial charge >= 0.3 is 0 Å². The predicted molar refractivity (Wildman–Crippen MR) is 127 cm³/mol. The van der Waals surface area contributed by atoms with Crippen molar-refractivity contribution in [2.45, 2.75) is 13.0 Å². The van der Waals surface area contributed by atoms with Crippen LogP contribution in [0.3, 0.4) is 0 Å². The van der Waals surface area contributed by atoms with E-state index in [1.165, 1.54) is 26.5 Å². The molecule has 0 unspecified atom stereocenters. The lowest BCUT2D eigenvalue weighted by Gasteiger charge is -2.13. The number of aromatic nitrogens is 1. The molecule has 3 rings (SSSR count). The molecular formula is C23H23Cl2N3O5. The van der Waals surface area contributed by atoms with Gasteiger partial charge in [0.05, 0.1) is 19.8 Å². The molecule has 0 aliphatic heterocycles. The number of halogens is 2. The topological polar surface area (TPSA) is 116 Å². The number of pyridine rings is 1. The monoisotopic (exact) mass is 491 g/mol. The van der Waals surface area contributed by atoms with Crippen LogP contribution in [0, 0.1) is 0 Å². The Morgan fingerprint density at radius 2 is 1.73 bits per heavy atom. The van der Waals surface area contributed by atoms with Crippen LogP contribution in [0.25, 0.3) is 0 Å². The lowest BCUT2D eigenvalue weighted by atomic mass is 10.1. The third-order valence-electron chi connectivity index (χ3n) is 4.82. The number of aromatic hydroxyl groups is 1. The highest BCUT2D eigenvalue weighted by Crippen LogP contribution is 2.37. The molecule has 0 atom stereocenters. The predicted octanol–water partition coefficient (Wildman–Crippen LogP) is 4.24. The summed E-state index contributed by atoms with van der Waals surface area (Å²) in [6, 6.07) is 10.0. The summed E-state index contributed by atoms with van der Waals surface area (Å²) in [6.07, 6.45) is 1.85. The Bertz CT molecular complexity index is 1110. The van der Waals surface area contributed by atoms with Gasteiger partial charge in [-0.2, -0.15) is 0 Å². The smallest absolute Gasteiger partial charge is 0.252 e. The molecule has 4 N–H and O–H groups in total. The van der Waals surface area contributed by atoms with Crippen molar-refractivity contribution in [3.8, 4) is 23.0 Å². The maximum Gasteiger partial charge on any atom is 0.252 e. The summed E-state index contributed by atoms with van der Waals surface area (Å²) < 4.78 is 16.0. The minimum atomic E-state index is -0.346. The third kappa shape index (κ3) is 5.91. The number of hydrogen-bond donors (Lipinski definition) is 3. The summed E-state index contributed by atoms with van der Waals surface area (Å²) >= 11 is 12.3. The number of carbonyl (C=O) groups is 1. The van der Waals surface area contributed by atoms with Crippen molar-refractivity contribution in [2.75, 3.05) is 26.5 Å². The standard InChI is InChI=1S/C23H23Cl2N3O5/c1-31-18-8-13(9-19(32-2)21(18)29)6-7-27-23(30)14-10-20(22(26)28-11-14)33-12-15-16(24)4-3-5-17(15)25/h3-5,8-11,29H,6-7,12H2,1-2H3,(H2,26,28)(H,27,30). The van der Waals surface area contributed by atoms with Crippen molar-refractivity contribution in [1.29, 1.82) is 0 Å². The minimum Gasteiger partial charge on any atom is -0.502 e. The van der Waals surface area contributed by atoms with E-state index < -0.39 is 0 Å². The molecule has 1 heterocycles. The average molecular weight is 492 g/mol. The molecule has 1 aromatic heterocycles. The largest absolute Gasteiger partial charge is 0.502 e. The van der Waals surface area contributed by atoms with E-state index in [0.717, 1.165) is 5.56 Å². The number of nitrogens with two attached hydrogens (primary N) is 1. The van der Waals surface area contributed by atoms with Crippen LogP contribution < -0.4 is 25.3 Å². The highest BCUT2D eigenvalue weighted by Gasteiger charge is 2.14. The number of amides is 1. The van der Waals surface area contributed by atoms with Crippen molar-refractivity contribution in [3.05, 3.63) is 69.3 Å². The normalized spacial score (nSPS) is 10.5.